The Morgan fingerprint density at radius 3 is 2.50 bits per heavy atom. The summed E-state index contributed by atoms with van der Waals surface area (Å²) in [5.41, 5.74) is 2.57. The number of benzene rings is 2. The molecule has 130 valence electrons. The van der Waals surface area contributed by atoms with E-state index >= 15 is 0 Å². The van der Waals surface area contributed by atoms with Gasteiger partial charge in [0.25, 0.3) is 5.91 Å². The van der Waals surface area contributed by atoms with Gasteiger partial charge in [-0.3, -0.25) is 9.59 Å². The normalized spacial score (nSPS) is 13.2. The summed E-state index contributed by atoms with van der Waals surface area (Å²) in [6.07, 6.45) is 3.39. The number of hydrogen-bond acceptors (Lipinski definition) is 5. The molecular formula is C18H16N6O2. The number of aromatic nitrogens is 4. The van der Waals surface area contributed by atoms with E-state index in [-0.39, 0.29) is 17.7 Å². The molecule has 0 spiro atoms. The lowest BCUT2D eigenvalue weighted by Gasteiger charge is -2.08. The highest BCUT2D eigenvalue weighted by Crippen LogP contribution is 2.30. The number of tetrazole rings is 1. The summed E-state index contributed by atoms with van der Waals surface area (Å²) in [6.45, 7) is 0. The minimum absolute atomic E-state index is 0.0432. The van der Waals surface area contributed by atoms with Crippen molar-refractivity contribution in [3.63, 3.8) is 0 Å². The number of amides is 2. The zero-order valence-electron chi connectivity index (χ0n) is 13.8. The Labute approximate surface area is 149 Å². The summed E-state index contributed by atoms with van der Waals surface area (Å²) >= 11 is 0. The number of nitrogens with zero attached hydrogens (tertiary/aromatic N) is 4. The Kier molecular flexibility index (Phi) is 4.14. The van der Waals surface area contributed by atoms with E-state index in [1.54, 1.807) is 36.4 Å². The lowest BCUT2D eigenvalue weighted by atomic mass is 10.2. The van der Waals surface area contributed by atoms with Crippen LogP contribution in [0.15, 0.2) is 54.9 Å². The van der Waals surface area contributed by atoms with Crippen molar-refractivity contribution in [2.75, 3.05) is 10.6 Å². The zero-order valence-corrected chi connectivity index (χ0v) is 13.8. The van der Waals surface area contributed by atoms with Gasteiger partial charge in [0.05, 0.1) is 5.69 Å². The molecule has 1 fully saturated rings. The molecule has 2 aromatic carbocycles. The van der Waals surface area contributed by atoms with Crippen LogP contribution in [0, 0.1) is 5.92 Å². The number of hydrogen-bond donors (Lipinski definition) is 2. The highest BCUT2D eigenvalue weighted by atomic mass is 16.2. The van der Waals surface area contributed by atoms with Crippen molar-refractivity contribution >= 4 is 23.2 Å². The second-order valence-electron chi connectivity index (χ2n) is 6.10. The largest absolute Gasteiger partial charge is 0.326 e. The number of rotatable bonds is 5. The predicted molar refractivity (Wildman–Crippen MR) is 94.9 cm³/mol. The monoisotopic (exact) mass is 348 g/mol. The highest BCUT2D eigenvalue weighted by molar-refractivity contribution is 6.04. The van der Waals surface area contributed by atoms with Crippen LogP contribution in [0.1, 0.15) is 23.2 Å². The van der Waals surface area contributed by atoms with Gasteiger partial charge in [-0.25, -0.2) is 4.68 Å². The van der Waals surface area contributed by atoms with E-state index in [9.17, 15) is 9.59 Å². The number of anilines is 2. The maximum atomic E-state index is 12.4. The lowest BCUT2D eigenvalue weighted by molar-refractivity contribution is -0.117. The second-order valence-corrected chi connectivity index (χ2v) is 6.10. The maximum Gasteiger partial charge on any atom is 0.255 e. The van der Waals surface area contributed by atoms with E-state index in [0.29, 0.717) is 16.9 Å². The van der Waals surface area contributed by atoms with Crippen molar-refractivity contribution in [1.82, 2.24) is 20.2 Å². The number of nitrogens with one attached hydrogen (secondary N) is 2. The molecule has 0 saturated heterocycles. The molecular weight excluding hydrogens is 332 g/mol. The van der Waals surface area contributed by atoms with Crippen LogP contribution in [-0.2, 0) is 4.79 Å². The van der Waals surface area contributed by atoms with E-state index in [0.717, 1.165) is 18.5 Å². The number of carbonyl (C=O) groups is 2. The van der Waals surface area contributed by atoms with Gasteiger partial charge >= 0.3 is 0 Å². The SMILES string of the molecule is O=C(Nc1cccc(-n2cnnn2)c1)c1ccc(NC(=O)C2CC2)cc1. The molecule has 1 aromatic heterocycles. The Hall–Kier alpha value is -3.55. The van der Waals surface area contributed by atoms with E-state index < -0.39 is 0 Å². The molecule has 1 aliphatic carbocycles. The van der Waals surface area contributed by atoms with Gasteiger partial charge < -0.3 is 10.6 Å². The number of carbonyl (C=O) groups excluding carboxylic acids is 2. The molecule has 2 amide bonds. The van der Waals surface area contributed by atoms with E-state index in [1.165, 1.54) is 11.0 Å². The third kappa shape index (κ3) is 3.59. The molecule has 0 radical (unpaired) electrons. The van der Waals surface area contributed by atoms with Gasteiger partial charge in [-0.15, -0.1) is 5.10 Å². The first-order valence-corrected chi connectivity index (χ1v) is 8.25. The van der Waals surface area contributed by atoms with Gasteiger partial charge in [-0.05, 0) is 65.7 Å². The molecule has 0 bridgehead atoms. The molecule has 26 heavy (non-hydrogen) atoms. The van der Waals surface area contributed by atoms with Gasteiger partial charge in [-0.2, -0.15) is 0 Å². The fourth-order valence-corrected chi connectivity index (χ4v) is 2.50. The van der Waals surface area contributed by atoms with Crippen LogP contribution in [0.5, 0.6) is 0 Å². The van der Waals surface area contributed by atoms with Crippen LogP contribution in [0.3, 0.4) is 0 Å². The smallest absolute Gasteiger partial charge is 0.255 e. The molecule has 0 aliphatic heterocycles. The molecule has 0 atom stereocenters. The standard InChI is InChI=1S/C18H16N6O2/c25-17(12-4-5-12)20-14-8-6-13(7-9-14)18(26)21-15-2-1-3-16(10-15)24-11-19-22-23-24/h1-3,6-12H,4-5H2,(H,20,25)(H,21,26). The molecule has 4 rings (SSSR count). The van der Waals surface area contributed by atoms with Crippen LogP contribution in [0.25, 0.3) is 5.69 Å². The minimum atomic E-state index is -0.237. The summed E-state index contributed by atoms with van der Waals surface area (Å²) in [4.78, 5) is 24.2. The third-order valence-corrected chi connectivity index (χ3v) is 4.08. The van der Waals surface area contributed by atoms with Crippen molar-refractivity contribution in [3.05, 3.63) is 60.4 Å². The van der Waals surface area contributed by atoms with E-state index in [4.69, 9.17) is 0 Å². The summed E-state index contributed by atoms with van der Waals surface area (Å²) in [6, 6.07) is 14.0. The first-order valence-electron chi connectivity index (χ1n) is 8.25. The average Bonchev–Trinajstić information content (AvgIpc) is 3.37. The fraction of sp³-hybridized carbons (Fsp3) is 0.167. The minimum Gasteiger partial charge on any atom is -0.326 e. The Bertz CT molecular complexity index is 933. The van der Waals surface area contributed by atoms with Crippen LogP contribution in [0.2, 0.25) is 0 Å². The van der Waals surface area contributed by atoms with Crippen LogP contribution in [0.4, 0.5) is 11.4 Å². The maximum absolute atomic E-state index is 12.4. The van der Waals surface area contributed by atoms with Crippen LogP contribution < -0.4 is 10.6 Å². The van der Waals surface area contributed by atoms with Gasteiger partial charge in [-0.1, -0.05) is 6.07 Å². The summed E-state index contributed by atoms with van der Waals surface area (Å²) in [7, 11) is 0. The van der Waals surface area contributed by atoms with Crippen molar-refractivity contribution in [1.29, 1.82) is 0 Å². The van der Waals surface area contributed by atoms with Crippen molar-refractivity contribution in [2.45, 2.75) is 12.8 Å². The Morgan fingerprint density at radius 2 is 1.81 bits per heavy atom. The van der Waals surface area contributed by atoms with Crippen LogP contribution >= 0.6 is 0 Å². The van der Waals surface area contributed by atoms with Gasteiger partial charge in [0.1, 0.15) is 6.33 Å². The first-order chi connectivity index (χ1) is 12.7. The average molecular weight is 348 g/mol. The summed E-state index contributed by atoms with van der Waals surface area (Å²) < 4.78 is 1.51. The van der Waals surface area contributed by atoms with Crippen molar-refractivity contribution in [3.8, 4) is 5.69 Å². The third-order valence-electron chi connectivity index (χ3n) is 4.08. The molecule has 1 aliphatic rings. The topological polar surface area (TPSA) is 102 Å². The lowest BCUT2D eigenvalue weighted by Crippen LogP contribution is -2.14. The molecule has 8 heteroatoms. The van der Waals surface area contributed by atoms with Crippen molar-refractivity contribution < 1.29 is 9.59 Å². The Balaban J connectivity index is 1.43. The molecule has 2 N–H and O–H groups in total. The summed E-state index contributed by atoms with van der Waals surface area (Å²) in [5, 5.41) is 16.7. The van der Waals surface area contributed by atoms with Gasteiger partial charge in [0, 0.05) is 22.9 Å². The highest BCUT2D eigenvalue weighted by Gasteiger charge is 2.29. The van der Waals surface area contributed by atoms with Crippen LogP contribution in [-0.4, -0.2) is 32.0 Å². The molecule has 8 nitrogen and oxygen atoms in total. The Morgan fingerprint density at radius 1 is 1.00 bits per heavy atom. The van der Waals surface area contributed by atoms with Crippen molar-refractivity contribution in [2.24, 2.45) is 5.92 Å². The summed E-state index contributed by atoms with van der Waals surface area (Å²) in [5.74, 6) is -0.0500. The first kappa shape index (κ1) is 15.9. The molecule has 1 saturated carbocycles. The van der Waals surface area contributed by atoms with E-state index in [2.05, 4.69) is 26.2 Å². The molecule has 1 heterocycles. The fourth-order valence-electron chi connectivity index (χ4n) is 2.50. The molecule has 0 unspecified atom stereocenters. The zero-order chi connectivity index (χ0) is 17.9. The van der Waals surface area contributed by atoms with Gasteiger partial charge in [0.2, 0.25) is 5.91 Å². The quantitative estimate of drug-likeness (QED) is 0.736. The molecule has 3 aromatic rings. The second kappa shape index (κ2) is 6.75. The van der Waals surface area contributed by atoms with Gasteiger partial charge in [0.15, 0.2) is 0 Å². The predicted octanol–water partition coefficient (Wildman–Crippen LogP) is 2.26. The van der Waals surface area contributed by atoms with E-state index in [1.807, 2.05) is 12.1 Å².